The number of hydrogen-bond donors (Lipinski definition) is 1. The van der Waals surface area contributed by atoms with Crippen LogP contribution in [0.1, 0.15) is 5.69 Å². The third kappa shape index (κ3) is 1.64. The van der Waals surface area contributed by atoms with Gasteiger partial charge in [-0.2, -0.15) is 0 Å². The summed E-state index contributed by atoms with van der Waals surface area (Å²) in [6, 6.07) is 2.80. The number of rotatable bonds is 1. The quantitative estimate of drug-likeness (QED) is 0.652. The number of hydrogen-bond acceptors (Lipinski definition) is 6. The molecule has 6 nitrogen and oxygen atoms in total. The van der Waals surface area contributed by atoms with E-state index in [-0.39, 0.29) is 5.56 Å². The Morgan fingerprint density at radius 3 is 2.22 bits per heavy atom. The molecule has 2 rings (SSSR count). The van der Waals surface area contributed by atoms with Crippen LogP contribution >= 0.6 is 0 Å². The second-order valence-electron chi connectivity index (χ2n) is 3.73. The van der Waals surface area contributed by atoms with Crippen LogP contribution in [0, 0.1) is 6.92 Å². The molecule has 0 saturated carbocycles. The molecule has 6 heteroatoms. The van der Waals surface area contributed by atoms with E-state index in [0.717, 1.165) is 0 Å². The van der Waals surface area contributed by atoms with E-state index in [4.69, 9.17) is 0 Å². The average molecular weight is 245 g/mol. The Bertz CT molecular complexity index is 831. The minimum atomic E-state index is -1.51. The fourth-order valence-corrected chi connectivity index (χ4v) is 1.62. The van der Waals surface area contributed by atoms with Gasteiger partial charge in [0.1, 0.15) is 0 Å². The maximum absolute atomic E-state index is 11.6. The molecule has 0 saturated heterocycles. The predicted molar refractivity (Wildman–Crippen MR) is 63.5 cm³/mol. The highest BCUT2D eigenvalue weighted by Gasteiger charge is 2.19. The molecule has 1 aromatic heterocycles. The first-order chi connectivity index (χ1) is 8.43. The second-order valence-corrected chi connectivity index (χ2v) is 3.73. The van der Waals surface area contributed by atoms with Crippen LogP contribution < -0.4 is 21.7 Å². The highest BCUT2D eigenvalue weighted by atomic mass is 16.3. The summed E-state index contributed by atoms with van der Waals surface area (Å²) in [5, 5.41) is 9.56. The zero-order valence-corrected chi connectivity index (χ0v) is 9.26. The molecular formula is C12H7NO5. The van der Waals surface area contributed by atoms with Gasteiger partial charge in [-0.15, -0.1) is 0 Å². The van der Waals surface area contributed by atoms with Crippen LogP contribution in [0.25, 0.3) is 11.1 Å². The van der Waals surface area contributed by atoms with Crippen molar-refractivity contribution in [3.05, 3.63) is 64.9 Å². The largest absolute Gasteiger partial charge is 0.503 e. The van der Waals surface area contributed by atoms with E-state index in [1.807, 2.05) is 0 Å². The number of nitrogens with zero attached hydrogens (tertiary/aromatic N) is 1. The molecule has 1 N–H and O–H groups in total. The van der Waals surface area contributed by atoms with Crippen molar-refractivity contribution in [3.8, 4) is 16.9 Å². The molecule has 0 atom stereocenters. The van der Waals surface area contributed by atoms with Crippen LogP contribution in [0.4, 0.5) is 0 Å². The Labute approximate surface area is 99.5 Å². The summed E-state index contributed by atoms with van der Waals surface area (Å²) < 4.78 is 0. The summed E-state index contributed by atoms with van der Waals surface area (Å²) in [7, 11) is 0. The molecule has 18 heavy (non-hydrogen) atoms. The van der Waals surface area contributed by atoms with Crippen LogP contribution in [0.5, 0.6) is 5.75 Å². The van der Waals surface area contributed by atoms with Gasteiger partial charge >= 0.3 is 0 Å². The first-order valence-corrected chi connectivity index (χ1v) is 4.97. The van der Waals surface area contributed by atoms with Crippen molar-refractivity contribution < 1.29 is 5.11 Å². The lowest BCUT2D eigenvalue weighted by Gasteiger charge is -2.02. The Morgan fingerprint density at radius 1 is 1.00 bits per heavy atom. The van der Waals surface area contributed by atoms with Crippen LogP contribution in [0.2, 0.25) is 0 Å². The molecule has 2 aromatic rings. The second kappa shape index (κ2) is 3.99. The molecule has 0 radical (unpaired) electrons. The number of phenolic OH excluding ortho intramolecular Hbond substituents is 1. The van der Waals surface area contributed by atoms with Crippen molar-refractivity contribution in [1.29, 1.82) is 0 Å². The van der Waals surface area contributed by atoms with Gasteiger partial charge in [0.2, 0.25) is 5.43 Å². The van der Waals surface area contributed by atoms with Crippen molar-refractivity contribution in [2.45, 2.75) is 6.92 Å². The summed E-state index contributed by atoms with van der Waals surface area (Å²) in [4.78, 5) is 49.2. The molecule has 0 aliphatic rings. The third-order valence-electron chi connectivity index (χ3n) is 2.48. The Kier molecular flexibility index (Phi) is 2.63. The van der Waals surface area contributed by atoms with Gasteiger partial charge in [-0.3, -0.25) is 24.2 Å². The summed E-state index contributed by atoms with van der Waals surface area (Å²) in [5.41, 5.74) is -5.20. The van der Waals surface area contributed by atoms with Gasteiger partial charge < -0.3 is 5.11 Å². The molecule has 0 aliphatic heterocycles. The summed E-state index contributed by atoms with van der Waals surface area (Å²) in [6.07, 6.45) is 1.36. The van der Waals surface area contributed by atoms with Gasteiger partial charge in [-0.05, 0) is 24.6 Å². The SMILES string of the molecule is Cc1cc(-c2c(O)c(=O)c(=O)c(=O)c2=O)ccn1. The molecule has 1 aromatic carbocycles. The lowest BCUT2D eigenvalue weighted by atomic mass is 10.0. The van der Waals surface area contributed by atoms with Gasteiger partial charge in [0, 0.05) is 11.9 Å². The van der Waals surface area contributed by atoms with E-state index in [9.17, 15) is 24.3 Å². The van der Waals surface area contributed by atoms with E-state index < -0.39 is 33.0 Å². The number of benzene rings is 1. The molecule has 0 fully saturated rings. The van der Waals surface area contributed by atoms with Gasteiger partial charge in [0.25, 0.3) is 16.3 Å². The molecule has 0 aliphatic carbocycles. The Morgan fingerprint density at radius 2 is 1.61 bits per heavy atom. The maximum atomic E-state index is 11.6. The first-order valence-electron chi connectivity index (χ1n) is 4.97. The lowest BCUT2D eigenvalue weighted by Crippen LogP contribution is -2.46. The highest BCUT2D eigenvalue weighted by molar-refractivity contribution is 5.69. The molecular weight excluding hydrogens is 238 g/mol. The average Bonchev–Trinajstić information content (AvgIpc) is 2.34. The standard InChI is InChI=1S/C12H7NO5/c1-5-4-6(2-3-13-5)7-8(14)10(16)12(18)11(17)9(7)15/h2-4,14H,1H3. The van der Waals surface area contributed by atoms with Crippen LogP contribution in [-0.4, -0.2) is 10.1 Å². The third-order valence-corrected chi connectivity index (χ3v) is 2.48. The minimum absolute atomic E-state index is 0.180. The summed E-state index contributed by atoms with van der Waals surface area (Å²) in [6.45, 7) is 1.64. The number of aromatic nitrogens is 1. The zero-order chi connectivity index (χ0) is 13.4. The van der Waals surface area contributed by atoms with Gasteiger partial charge in [-0.1, -0.05) is 0 Å². The Hall–Kier alpha value is -2.63. The normalized spacial score (nSPS) is 10.5. The number of phenols is 1. The molecule has 0 bridgehead atoms. The first kappa shape index (κ1) is 11.8. The highest BCUT2D eigenvalue weighted by Crippen LogP contribution is 2.20. The van der Waals surface area contributed by atoms with Crippen molar-refractivity contribution in [2.24, 2.45) is 0 Å². The molecule has 0 amide bonds. The van der Waals surface area contributed by atoms with E-state index >= 15 is 0 Å². The van der Waals surface area contributed by atoms with Crippen molar-refractivity contribution >= 4 is 0 Å². The van der Waals surface area contributed by atoms with Crippen molar-refractivity contribution in [1.82, 2.24) is 4.98 Å². The monoisotopic (exact) mass is 245 g/mol. The van der Waals surface area contributed by atoms with E-state index in [1.54, 1.807) is 6.92 Å². The van der Waals surface area contributed by atoms with Gasteiger partial charge in [-0.25, -0.2) is 0 Å². The molecule has 0 spiro atoms. The van der Waals surface area contributed by atoms with E-state index in [0.29, 0.717) is 5.69 Å². The number of aromatic hydroxyl groups is 1. The molecule has 1 heterocycles. The maximum Gasteiger partial charge on any atom is 0.280 e. The van der Waals surface area contributed by atoms with Crippen molar-refractivity contribution in [3.63, 3.8) is 0 Å². The van der Waals surface area contributed by atoms with Crippen molar-refractivity contribution in [2.75, 3.05) is 0 Å². The molecule has 0 unspecified atom stereocenters. The Balaban J connectivity index is 2.99. The number of aryl methyl sites for hydroxylation is 1. The fraction of sp³-hybridized carbons (Fsp3) is 0.0833. The summed E-state index contributed by atoms with van der Waals surface area (Å²) >= 11 is 0. The molecule has 90 valence electrons. The van der Waals surface area contributed by atoms with Crippen LogP contribution in [-0.2, 0) is 0 Å². The fourth-order valence-electron chi connectivity index (χ4n) is 1.62. The smallest absolute Gasteiger partial charge is 0.280 e. The predicted octanol–water partition coefficient (Wildman–Crippen LogP) is -0.921. The minimum Gasteiger partial charge on any atom is -0.503 e. The van der Waals surface area contributed by atoms with Crippen LogP contribution in [0.3, 0.4) is 0 Å². The lowest BCUT2D eigenvalue weighted by molar-refractivity contribution is 0.470. The van der Waals surface area contributed by atoms with Gasteiger partial charge in [0.05, 0.1) is 5.56 Å². The van der Waals surface area contributed by atoms with E-state index in [1.165, 1.54) is 18.3 Å². The number of pyridine rings is 1. The van der Waals surface area contributed by atoms with Crippen LogP contribution in [0.15, 0.2) is 37.5 Å². The van der Waals surface area contributed by atoms with E-state index in [2.05, 4.69) is 4.98 Å². The summed E-state index contributed by atoms with van der Waals surface area (Å²) in [5.74, 6) is -0.991. The topological polar surface area (TPSA) is 101 Å². The zero-order valence-electron chi connectivity index (χ0n) is 9.26. The van der Waals surface area contributed by atoms with Gasteiger partial charge in [0.15, 0.2) is 5.75 Å².